The van der Waals surface area contributed by atoms with Crippen LogP contribution in [0.25, 0.3) is 0 Å². The van der Waals surface area contributed by atoms with Crippen LogP contribution in [0.5, 0.6) is 11.5 Å². The number of carbonyl (C=O) groups excluding carboxylic acids is 1. The number of nitrogens with zero attached hydrogens (tertiary/aromatic N) is 2. The molecule has 0 heterocycles. The van der Waals surface area contributed by atoms with E-state index in [0.29, 0.717) is 17.2 Å². The Balaban J connectivity index is 2.12. The number of benzene rings is 2. The summed E-state index contributed by atoms with van der Waals surface area (Å²) in [4.78, 5) is 23.5. The Kier molecular flexibility index (Phi) is 3.66. The summed E-state index contributed by atoms with van der Waals surface area (Å²) in [6.07, 6.45) is 1.44. The summed E-state index contributed by atoms with van der Waals surface area (Å²) in [6.45, 7) is 0. The lowest BCUT2D eigenvalue weighted by Gasteiger charge is -2.05. The number of nitro groups is 1. The normalized spacial score (nSPS) is 9.47. The van der Waals surface area contributed by atoms with Gasteiger partial charge < -0.3 is 4.74 Å². The lowest BCUT2D eigenvalue weighted by molar-refractivity contribution is -0.384. The summed E-state index contributed by atoms with van der Waals surface area (Å²) in [7, 11) is 0. The Morgan fingerprint density at radius 3 is 2.00 bits per heavy atom. The quantitative estimate of drug-likeness (QED) is 0.363. The predicted octanol–water partition coefficient (Wildman–Crippen LogP) is 3.35. The van der Waals surface area contributed by atoms with Crippen LogP contribution >= 0.6 is 0 Å². The maximum Gasteiger partial charge on any atom is 0.269 e. The molecule has 0 spiro atoms. The largest absolute Gasteiger partial charge is 0.457 e. The van der Waals surface area contributed by atoms with Crippen LogP contribution in [0, 0.1) is 10.1 Å². The molecule has 0 atom stereocenters. The monoisotopic (exact) mass is 256 g/mol. The minimum atomic E-state index is -0.476. The Labute approximate surface area is 108 Å². The van der Waals surface area contributed by atoms with E-state index in [9.17, 15) is 14.9 Å². The summed E-state index contributed by atoms with van der Waals surface area (Å²) in [5.74, 6) is 1.02. The average Bonchev–Trinajstić information content (AvgIpc) is 2.42. The first-order valence-corrected chi connectivity index (χ1v) is 5.29. The van der Waals surface area contributed by atoms with E-state index >= 15 is 0 Å². The fraction of sp³-hybridized carbons (Fsp3) is 0. The van der Waals surface area contributed by atoms with Crippen LogP contribution < -0.4 is 4.74 Å². The van der Waals surface area contributed by atoms with Crippen molar-refractivity contribution in [2.24, 2.45) is 4.99 Å². The van der Waals surface area contributed by atoms with E-state index in [1.807, 2.05) is 0 Å². The van der Waals surface area contributed by atoms with E-state index in [4.69, 9.17) is 4.74 Å². The summed E-state index contributed by atoms with van der Waals surface area (Å²) in [5, 5.41) is 10.5. The van der Waals surface area contributed by atoms with Crippen molar-refractivity contribution in [3.63, 3.8) is 0 Å². The summed E-state index contributed by atoms with van der Waals surface area (Å²) < 4.78 is 5.48. The minimum Gasteiger partial charge on any atom is -0.457 e. The van der Waals surface area contributed by atoms with Crippen LogP contribution in [0.3, 0.4) is 0 Å². The highest BCUT2D eigenvalue weighted by Gasteiger charge is 2.04. The van der Waals surface area contributed by atoms with Gasteiger partial charge in [0.05, 0.1) is 10.6 Å². The highest BCUT2D eigenvalue weighted by molar-refractivity contribution is 5.50. The van der Waals surface area contributed by atoms with Crippen LogP contribution in [0.2, 0.25) is 0 Å². The SMILES string of the molecule is O=C=Nc1ccc(Oc2ccc([N+](=O)[O-])cc2)cc1. The number of nitro benzene ring substituents is 1. The summed E-state index contributed by atoms with van der Waals surface area (Å²) in [6, 6.07) is 12.2. The molecular weight excluding hydrogens is 248 g/mol. The minimum absolute atomic E-state index is 0.00279. The van der Waals surface area contributed by atoms with Gasteiger partial charge in [0.15, 0.2) is 0 Å². The second-order valence-electron chi connectivity index (χ2n) is 3.55. The molecule has 19 heavy (non-hydrogen) atoms. The zero-order chi connectivity index (χ0) is 13.7. The Bertz CT molecular complexity index is 585. The maximum absolute atomic E-state index is 10.5. The molecular formula is C13H8N2O4. The molecule has 2 aromatic rings. The molecule has 0 N–H and O–H groups in total. The second-order valence-corrected chi connectivity index (χ2v) is 3.55. The van der Waals surface area contributed by atoms with Crippen molar-refractivity contribution < 1.29 is 14.5 Å². The van der Waals surface area contributed by atoms with Crippen molar-refractivity contribution >= 4 is 17.5 Å². The van der Waals surface area contributed by atoms with E-state index in [2.05, 4.69) is 4.99 Å². The fourth-order valence-electron chi connectivity index (χ4n) is 1.41. The average molecular weight is 256 g/mol. The molecule has 0 saturated heterocycles. The molecule has 6 nitrogen and oxygen atoms in total. The molecule has 0 saturated carbocycles. The van der Waals surface area contributed by atoms with Gasteiger partial charge in [-0.1, -0.05) is 0 Å². The first-order chi connectivity index (χ1) is 9.19. The molecule has 2 aromatic carbocycles. The molecule has 2 rings (SSSR count). The lowest BCUT2D eigenvalue weighted by Crippen LogP contribution is -1.88. The summed E-state index contributed by atoms with van der Waals surface area (Å²) >= 11 is 0. The standard InChI is InChI=1S/C13H8N2O4/c16-9-14-10-1-5-12(6-2-10)19-13-7-3-11(4-8-13)15(17)18/h1-8H. The van der Waals surface area contributed by atoms with Gasteiger partial charge in [0.25, 0.3) is 5.69 Å². The third-order valence-electron chi connectivity index (χ3n) is 2.29. The number of rotatable bonds is 4. The molecule has 0 aliphatic heterocycles. The van der Waals surface area contributed by atoms with Crippen LogP contribution in [-0.4, -0.2) is 11.0 Å². The van der Waals surface area contributed by atoms with Crippen molar-refractivity contribution in [3.05, 3.63) is 58.6 Å². The molecule has 6 heteroatoms. The van der Waals surface area contributed by atoms with Crippen LogP contribution in [0.4, 0.5) is 11.4 Å². The topological polar surface area (TPSA) is 81.8 Å². The van der Waals surface area contributed by atoms with Crippen LogP contribution in [-0.2, 0) is 4.79 Å². The first kappa shape index (κ1) is 12.5. The van der Waals surface area contributed by atoms with Gasteiger partial charge in [-0.2, -0.15) is 4.99 Å². The number of hydrogen-bond donors (Lipinski definition) is 0. The second kappa shape index (κ2) is 5.57. The Hall–Kier alpha value is -2.98. The van der Waals surface area contributed by atoms with Gasteiger partial charge in [0.2, 0.25) is 6.08 Å². The van der Waals surface area contributed by atoms with Gasteiger partial charge in [-0.3, -0.25) is 10.1 Å². The Morgan fingerprint density at radius 1 is 1.00 bits per heavy atom. The number of isocyanates is 1. The maximum atomic E-state index is 10.5. The third kappa shape index (κ3) is 3.24. The van der Waals surface area contributed by atoms with Crippen molar-refractivity contribution in [1.82, 2.24) is 0 Å². The number of ether oxygens (including phenoxy) is 1. The van der Waals surface area contributed by atoms with Crippen molar-refractivity contribution in [2.75, 3.05) is 0 Å². The van der Waals surface area contributed by atoms with Gasteiger partial charge in [0.1, 0.15) is 11.5 Å². The van der Waals surface area contributed by atoms with Crippen molar-refractivity contribution in [1.29, 1.82) is 0 Å². The van der Waals surface area contributed by atoms with Crippen molar-refractivity contribution in [2.45, 2.75) is 0 Å². The van der Waals surface area contributed by atoms with E-state index in [1.165, 1.54) is 30.3 Å². The highest BCUT2D eigenvalue weighted by Crippen LogP contribution is 2.25. The van der Waals surface area contributed by atoms with Crippen molar-refractivity contribution in [3.8, 4) is 11.5 Å². The molecule has 0 radical (unpaired) electrons. The molecule has 0 aliphatic rings. The number of aliphatic imine (C=N–C) groups is 1. The van der Waals surface area contributed by atoms with Gasteiger partial charge in [0, 0.05) is 12.1 Å². The van der Waals surface area contributed by atoms with E-state index < -0.39 is 4.92 Å². The number of non-ortho nitro benzene ring substituents is 1. The van der Waals surface area contributed by atoms with E-state index in [0.717, 1.165) is 0 Å². The van der Waals surface area contributed by atoms with Gasteiger partial charge >= 0.3 is 0 Å². The molecule has 0 aromatic heterocycles. The molecule has 0 fully saturated rings. The third-order valence-corrected chi connectivity index (χ3v) is 2.29. The first-order valence-electron chi connectivity index (χ1n) is 5.29. The molecule has 0 unspecified atom stereocenters. The fourth-order valence-corrected chi connectivity index (χ4v) is 1.41. The van der Waals surface area contributed by atoms with Crippen LogP contribution in [0.1, 0.15) is 0 Å². The van der Waals surface area contributed by atoms with E-state index in [-0.39, 0.29) is 5.69 Å². The van der Waals surface area contributed by atoms with E-state index in [1.54, 1.807) is 24.3 Å². The molecule has 94 valence electrons. The van der Waals surface area contributed by atoms with Gasteiger partial charge in [-0.25, -0.2) is 4.79 Å². The smallest absolute Gasteiger partial charge is 0.269 e. The van der Waals surface area contributed by atoms with Crippen LogP contribution in [0.15, 0.2) is 53.5 Å². The molecule has 0 aliphatic carbocycles. The highest BCUT2D eigenvalue weighted by atomic mass is 16.6. The Morgan fingerprint density at radius 2 is 1.53 bits per heavy atom. The number of hydrogen-bond acceptors (Lipinski definition) is 5. The lowest BCUT2D eigenvalue weighted by atomic mass is 10.3. The zero-order valence-corrected chi connectivity index (χ0v) is 9.65. The zero-order valence-electron chi connectivity index (χ0n) is 9.65. The predicted molar refractivity (Wildman–Crippen MR) is 67.4 cm³/mol. The molecule has 0 amide bonds. The van der Waals surface area contributed by atoms with Gasteiger partial charge in [-0.05, 0) is 36.4 Å². The van der Waals surface area contributed by atoms with Gasteiger partial charge in [-0.15, -0.1) is 0 Å². The molecule has 0 bridgehead atoms. The summed E-state index contributed by atoms with van der Waals surface area (Å²) in [5.41, 5.74) is 0.481.